The molecule has 0 nitrogen and oxygen atoms in total. The van der Waals surface area contributed by atoms with E-state index in [1.165, 1.54) is 5.56 Å². The predicted molar refractivity (Wildman–Crippen MR) is 54.7 cm³/mol. The number of rotatable bonds is 1. The van der Waals surface area contributed by atoms with Gasteiger partial charge >= 0.3 is 0 Å². The largest absolute Gasteiger partial charge is 0.207 e. The molecule has 72 valence electrons. The van der Waals surface area contributed by atoms with E-state index in [2.05, 4.69) is 13.8 Å². The Hall–Kier alpha value is -0.850. The van der Waals surface area contributed by atoms with Crippen molar-refractivity contribution in [3.05, 3.63) is 34.1 Å². The van der Waals surface area contributed by atoms with Gasteiger partial charge in [0.05, 0.1) is 0 Å². The van der Waals surface area contributed by atoms with Crippen LogP contribution >= 0.6 is 0 Å². The van der Waals surface area contributed by atoms with Gasteiger partial charge in [-0.3, -0.25) is 0 Å². The summed E-state index contributed by atoms with van der Waals surface area (Å²) in [6.45, 7) is 10.1. The van der Waals surface area contributed by atoms with Gasteiger partial charge < -0.3 is 0 Å². The summed E-state index contributed by atoms with van der Waals surface area (Å²) < 4.78 is 13.3. The number of hydrogen-bond donors (Lipinski definition) is 0. The molecule has 0 aliphatic heterocycles. The zero-order valence-corrected chi connectivity index (χ0v) is 9.03. The third kappa shape index (κ3) is 1.74. The third-order valence-electron chi connectivity index (χ3n) is 2.67. The minimum atomic E-state index is -0.0839. The molecular weight excluding hydrogens is 163 g/mol. The maximum Gasteiger partial charge on any atom is 0.126 e. The van der Waals surface area contributed by atoms with E-state index in [1.54, 1.807) is 6.07 Å². The molecule has 0 saturated carbocycles. The minimum Gasteiger partial charge on any atom is -0.207 e. The monoisotopic (exact) mass is 180 g/mol. The second-order valence-electron chi connectivity index (χ2n) is 3.99. The summed E-state index contributed by atoms with van der Waals surface area (Å²) in [5.74, 6) is 0.388. The SMILES string of the molecule is Cc1cc(F)c(C)c(C)c1C(C)C. The van der Waals surface area contributed by atoms with Crippen molar-refractivity contribution in [3.63, 3.8) is 0 Å². The fraction of sp³-hybridized carbons (Fsp3) is 0.500. The van der Waals surface area contributed by atoms with Crippen molar-refractivity contribution in [2.45, 2.75) is 40.5 Å². The highest BCUT2D eigenvalue weighted by Crippen LogP contribution is 2.27. The van der Waals surface area contributed by atoms with E-state index in [1.807, 2.05) is 20.8 Å². The standard InChI is InChI=1S/C12H17F/c1-7(2)12-8(3)6-11(13)9(4)10(12)5/h6-7H,1-5H3. The summed E-state index contributed by atoms with van der Waals surface area (Å²) in [6, 6.07) is 1.64. The summed E-state index contributed by atoms with van der Waals surface area (Å²) in [7, 11) is 0. The molecular formula is C12H17F. The van der Waals surface area contributed by atoms with Gasteiger partial charge in [0, 0.05) is 0 Å². The topological polar surface area (TPSA) is 0 Å². The second kappa shape index (κ2) is 3.49. The molecule has 0 radical (unpaired) electrons. The van der Waals surface area contributed by atoms with Crippen LogP contribution in [-0.2, 0) is 0 Å². The van der Waals surface area contributed by atoms with Gasteiger partial charge in [-0.05, 0) is 55.0 Å². The first kappa shape index (κ1) is 10.2. The minimum absolute atomic E-state index is 0.0839. The molecule has 0 unspecified atom stereocenters. The highest BCUT2D eigenvalue weighted by molar-refractivity contribution is 5.41. The van der Waals surface area contributed by atoms with Gasteiger partial charge in [0.15, 0.2) is 0 Å². The highest BCUT2D eigenvalue weighted by atomic mass is 19.1. The predicted octanol–water partition coefficient (Wildman–Crippen LogP) is 3.87. The quantitative estimate of drug-likeness (QED) is 0.615. The molecule has 0 heterocycles. The Bertz CT molecular complexity index is 324. The maximum absolute atomic E-state index is 13.3. The van der Waals surface area contributed by atoms with Crippen LogP contribution in [0.2, 0.25) is 0 Å². The van der Waals surface area contributed by atoms with Gasteiger partial charge in [-0.15, -0.1) is 0 Å². The molecule has 0 saturated heterocycles. The molecule has 1 aromatic carbocycles. The van der Waals surface area contributed by atoms with E-state index in [-0.39, 0.29) is 5.82 Å². The summed E-state index contributed by atoms with van der Waals surface area (Å²) in [5.41, 5.74) is 4.25. The summed E-state index contributed by atoms with van der Waals surface area (Å²) in [5, 5.41) is 0. The molecule has 1 rings (SSSR count). The molecule has 13 heavy (non-hydrogen) atoms. The summed E-state index contributed by atoms with van der Waals surface area (Å²) in [4.78, 5) is 0. The Labute approximate surface area is 79.8 Å². The molecule has 0 N–H and O–H groups in total. The van der Waals surface area contributed by atoms with Crippen LogP contribution in [0.3, 0.4) is 0 Å². The Morgan fingerprint density at radius 2 is 1.62 bits per heavy atom. The van der Waals surface area contributed by atoms with Crippen molar-refractivity contribution in [3.8, 4) is 0 Å². The molecule has 0 spiro atoms. The van der Waals surface area contributed by atoms with Crippen LogP contribution < -0.4 is 0 Å². The van der Waals surface area contributed by atoms with Crippen LogP contribution in [0.15, 0.2) is 6.07 Å². The first-order valence-corrected chi connectivity index (χ1v) is 4.71. The zero-order chi connectivity index (χ0) is 10.2. The molecule has 0 amide bonds. The Morgan fingerprint density at radius 3 is 2.08 bits per heavy atom. The average Bonchev–Trinajstić information content (AvgIpc) is 1.99. The van der Waals surface area contributed by atoms with Crippen LogP contribution in [0.1, 0.15) is 42.0 Å². The van der Waals surface area contributed by atoms with Crippen molar-refractivity contribution in [1.82, 2.24) is 0 Å². The van der Waals surface area contributed by atoms with Crippen molar-refractivity contribution in [1.29, 1.82) is 0 Å². The average molecular weight is 180 g/mol. The van der Waals surface area contributed by atoms with Crippen molar-refractivity contribution >= 4 is 0 Å². The molecule has 0 bridgehead atoms. The lowest BCUT2D eigenvalue weighted by molar-refractivity contribution is 0.613. The van der Waals surface area contributed by atoms with Gasteiger partial charge in [0.1, 0.15) is 5.82 Å². The van der Waals surface area contributed by atoms with Crippen LogP contribution in [-0.4, -0.2) is 0 Å². The van der Waals surface area contributed by atoms with Crippen molar-refractivity contribution < 1.29 is 4.39 Å². The molecule has 1 heteroatoms. The van der Waals surface area contributed by atoms with Crippen molar-refractivity contribution in [2.75, 3.05) is 0 Å². The highest BCUT2D eigenvalue weighted by Gasteiger charge is 2.12. The van der Waals surface area contributed by atoms with Crippen LogP contribution in [0.25, 0.3) is 0 Å². The van der Waals surface area contributed by atoms with Gasteiger partial charge in [-0.2, -0.15) is 0 Å². The van der Waals surface area contributed by atoms with Crippen LogP contribution in [0, 0.1) is 26.6 Å². The maximum atomic E-state index is 13.3. The van der Waals surface area contributed by atoms with Gasteiger partial charge in [0.2, 0.25) is 0 Å². The second-order valence-corrected chi connectivity index (χ2v) is 3.99. The zero-order valence-electron chi connectivity index (χ0n) is 9.03. The van der Waals surface area contributed by atoms with Gasteiger partial charge in [-0.1, -0.05) is 13.8 Å². The van der Waals surface area contributed by atoms with E-state index in [0.29, 0.717) is 5.92 Å². The Morgan fingerprint density at radius 1 is 1.08 bits per heavy atom. The molecule has 0 aliphatic rings. The van der Waals surface area contributed by atoms with E-state index >= 15 is 0 Å². The lowest BCUT2D eigenvalue weighted by Crippen LogP contribution is -2.00. The molecule has 0 aliphatic carbocycles. The first-order chi connectivity index (χ1) is 5.95. The van der Waals surface area contributed by atoms with E-state index in [0.717, 1.165) is 16.7 Å². The third-order valence-corrected chi connectivity index (χ3v) is 2.67. The smallest absolute Gasteiger partial charge is 0.126 e. The first-order valence-electron chi connectivity index (χ1n) is 4.71. The normalized spacial score (nSPS) is 11.0. The molecule has 0 aromatic heterocycles. The fourth-order valence-electron chi connectivity index (χ4n) is 1.94. The Kier molecular flexibility index (Phi) is 2.74. The number of benzene rings is 1. The van der Waals surface area contributed by atoms with E-state index in [9.17, 15) is 4.39 Å². The van der Waals surface area contributed by atoms with Crippen LogP contribution in [0.5, 0.6) is 0 Å². The Balaban J connectivity index is 3.44. The van der Waals surface area contributed by atoms with Gasteiger partial charge in [-0.25, -0.2) is 4.39 Å². The van der Waals surface area contributed by atoms with Crippen LogP contribution in [0.4, 0.5) is 4.39 Å². The number of hydrogen-bond acceptors (Lipinski definition) is 0. The lowest BCUT2D eigenvalue weighted by atomic mass is 9.90. The number of aryl methyl sites for hydroxylation is 1. The fourth-order valence-corrected chi connectivity index (χ4v) is 1.94. The molecule has 0 atom stereocenters. The van der Waals surface area contributed by atoms with Crippen molar-refractivity contribution in [2.24, 2.45) is 0 Å². The lowest BCUT2D eigenvalue weighted by Gasteiger charge is -2.16. The van der Waals surface area contributed by atoms with E-state index < -0.39 is 0 Å². The molecule has 1 aromatic rings. The summed E-state index contributed by atoms with van der Waals surface area (Å²) >= 11 is 0. The summed E-state index contributed by atoms with van der Waals surface area (Å²) in [6.07, 6.45) is 0. The number of halogens is 1. The molecule has 0 fully saturated rings. The van der Waals surface area contributed by atoms with E-state index in [4.69, 9.17) is 0 Å². The van der Waals surface area contributed by atoms with Gasteiger partial charge in [0.25, 0.3) is 0 Å².